The summed E-state index contributed by atoms with van der Waals surface area (Å²) in [6, 6.07) is 17.1. The van der Waals surface area contributed by atoms with Crippen molar-refractivity contribution >= 4 is 11.8 Å². The standard InChI is InChI=1S/C21H24N2O3/c1-2-26-18-10-8-16(9-11-18)20(25)22-14-19(24)23-15-21(12-13-21)17-6-4-3-5-7-17/h3-11H,2,12-15H2,1H3,(H,22,25)(H,23,24). The van der Waals surface area contributed by atoms with Gasteiger partial charge in [-0.15, -0.1) is 0 Å². The fraction of sp³-hybridized carbons (Fsp3) is 0.333. The van der Waals surface area contributed by atoms with Crippen LogP contribution in [0.3, 0.4) is 0 Å². The van der Waals surface area contributed by atoms with Gasteiger partial charge in [-0.25, -0.2) is 0 Å². The summed E-state index contributed by atoms with van der Waals surface area (Å²) in [5.74, 6) is 0.274. The molecule has 136 valence electrons. The lowest BCUT2D eigenvalue weighted by molar-refractivity contribution is -0.120. The highest BCUT2D eigenvalue weighted by Crippen LogP contribution is 2.47. The molecule has 2 N–H and O–H groups in total. The normalized spacial score (nSPS) is 14.3. The summed E-state index contributed by atoms with van der Waals surface area (Å²) in [6.45, 7) is 3.06. The van der Waals surface area contributed by atoms with E-state index in [1.54, 1.807) is 24.3 Å². The van der Waals surface area contributed by atoms with Crippen molar-refractivity contribution in [3.05, 3.63) is 65.7 Å². The summed E-state index contributed by atoms with van der Waals surface area (Å²) in [5, 5.41) is 5.60. The van der Waals surface area contributed by atoms with E-state index in [9.17, 15) is 9.59 Å². The van der Waals surface area contributed by atoms with Crippen molar-refractivity contribution in [1.29, 1.82) is 0 Å². The van der Waals surface area contributed by atoms with Crippen LogP contribution in [-0.4, -0.2) is 31.5 Å². The maximum Gasteiger partial charge on any atom is 0.251 e. The Morgan fingerprint density at radius 1 is 1.00 bits per heavy atom. The monoisotopic (exact) mass is 352 g/mol. The fourth-order valence-electron chi connectivity index (χ4n) is 2.97. The molecule has 5 nitrogen and oxygen atoms in total. The molecule has 5 heteroatoms. The van der Waals surface area contributed by atoms with Gasteiger partial charge in [-0.05, 0) is 49.6 Å². The molecule has 0 aliphatic heterocycles. The van der Waals surface area contributed by atoms with Gasteiger partial charge in [-0.3, -0.25) is 9.59 Å². The third-order valence-corrected chi connectivity index (χ3v) is 4.70. The van der Waals surface area contributed by atoms with Gasteiger partial charge in [0.15, 0.2) is 0 Å². The van der Waals surface area contributed by atoms with Gasteiger partial charge >= 0.3 is 0 Å². The summed E-state index contributed by atoms with van der Waals surface area (Å²) in [7, 11) is 0. The molecule has 0 aromatic heterocycles. The van der Waals surface area contributed by atoms with Crippen LogP contribution in [-0.2, 0) is 10.2 Å². The molecule has 0 saturated heterocycles. The predicted octanol–water partition coefficient (Wildman–Crippen LogP) is 2.66. The van der Waals surface area contributed by atoms with Crippen LogP contribution in [0.5, 0.6) is 5.75 Å². The highest BCUT2D eigenvalue weighted by Gasteiger charge is 2.44. The lowest BCUT2D eigenvalue weighted by Gasteiger charge is -2.16. The fourth-order valence-corrected chi connectivity index (χ4v) is 2.97. The molecular formula is C21H24N2O3. The number of hydrogen-bond acceptors (Lipinski definition) is 3. The average molecular weight is 352 g/mol. The summed E-state index contributed by atoms with van der Waals surface area (Å²) in [4.78, 5) is 24.2. The molecule has 3 rings (SSSR count). The number of amides is 2. The molecule has 1 fully saturated rings. The van der Waals surface area contributed by atoms with Gasteiger partial charge in [0.1, 0.15) is 5.75 Å². The van der Waals surface area contributed by atoms with Crippen LogP contribution in [0.15, 0.2) is 54.6 Å². The van der Waals surface area contributed by atoms with E-state index in [1.807, 2.05) is 25.1 Å². The van der Waals surface area contributed by atoms with Crippen LogP contribution in [0.1, 0.15) is 35.7 Å². The Morgan fingerprint density at radius 3 is 2.31 bits per heavy atom. The number of rotatable bonds is 8. The summed E-state index contributed by atoms with van der Waals surface area (Å²) in [5.41, 5.74) is 1.83. The van der Waals surface area contributed by atoms with Gasteiger partial charge in [0.2, 0.25) is 5.91 Å². The topological polar surface area (TPSA) is 67.4 Å². The zero-order chi connectivity index (χ0) is 18.4. The Bertz CT molecular complexity index is 753. The number of ether oxygens (including phenoxy) is 1. The zero-order valence-electron chi connectivity index (χ0n) is 15.0. The molecule has 26 heavy (non-hydrogen) atoms. The summed E-state index contributed by atoms with van der Waals surface area (Å²) in [6.07, 6.45) is 2.16. The maximum absolute atomic E-state index is 12.1. The minimum Gasteiger partial charge on any atom is -0.494 e. The Balaban J connectivity index is 1.45. The Labute approximate surface area is 153 Å². The molecule has 1 aliphatic carbocycles. The molecular weight excluding hydrogens is 328 g/mol. The van der Waals surface area contributed by atoms with E-state index in [1.165, 1.54) is 5.56 Å². The van der Waals surface area contributed by atoms with Gasteiger partial charge in [0.05, 0.1) is 13.2 Å². The SMILES string of the molecule is CCOc1ccc(C(=O)NCC(=O)NCC2(c3ccccc3)CC2)cc1. The minimum atomic E-state index is -0.271. The van der Waals surface area contributed by atoms with E-state index < -0.39 is 0 Å². The van der Waals surface area contributed by atoms with Crippen molar-refractivity contribution < 1.29 is 14.3 Å². The summed E-state index contributed by atoms with van der Waals surface area (Å²) >= 11 is 0. The van der Waals surface area contributed by atoms with Crippen molar-refractivity contribution in [2.75, 3.05) is 19.7 Å². The van der Waals surface area contributed by atoms with E-state index in [-0.39, 0.29) is 23.8 Å². The van der Waals surface area contributed by atoms with Crippen LogP contribution >= 0.6 is 0 Å². The third-order valence-electron chi connectivity index (χ3n) is 4.70. The highest BCUT2D eigenvalue weighted by molar-refractivity contribution is 5.96. The molecule has 1 aliphatic rings. The van der Waals surface area contributed by atoms with Crippen LogP contribution in [0, 0.1) is 0 Å². The second kappa shape index (κ2) is 8.04. The smallest absolute Gasteiger partial charge is 0.251 e. The van der Waals surface area contributed by atoms with Crippen LogP contribution in [0.25, 0.3) is 0 Å². The molecule has 0 radical (unpaired) electrons. The van der Waals surface area contributed by atoms with Gasteiger partial charge in [0.25, 0.3) is 5.91 Å². The largest absolute Gasteiger partial charge is 0.494 e. The van der Waals surface area contributed by atoms with E-state index in [4.69, 9.17) is 4.74 Å². The maximum atomic E-state index is 12.1. The zero-order valence-corrected chi connectivity index (χ0v) is 15.0. The van der Waals surface area contributed by atoms with E-state index in [2.05, 4.69) is 22.8 Å². The molecule has 2 aromatic carbocycles. The van der Waals surface area contributed by atoms with Crippen molar-refractivity contribution in [2.45, 2.75) is 25.2 Å². The molecule has 0 spiro atoms. The molecule has 0 heterocycles. The molecule has 0 bridgehead atoms. The predicted molar refractivity (Wildman–Crippen MR) is 100 cm³/mol. The first-order valence-electron chi connectivity index (χ1n) is 8.96. The van der Waals surface area contributed by atoms with Gasteiger partial charge < -0.3 is 15.4 Å². The van der Waals surface area contributed by atoms with E-state index >= 15 is 0 Å². The van der Waals surface area contributed by atoms with Crippen LogP contribution in [0.4, 0.5) is 0 Å². The van der Waals surface area contributed by atoms with Crippen molar-refractivity contribution in [3.63, 3.8) is 0 Å². The lowest BCUT2D eigenvalue weighted by Crippen LogP contribution is -2.40. The average Bonchev–Trinajstić information content (AvgIpc) is 3.47. The van der Waals surface area contributed by atoms with E-state index in [0.29, 0.717) is 18.7 Å². The van der Waals surface area contributed by atoms with Gasteiger partial charge in [0, 0.05) is 17.5 Å². The number of carbonyl (C=O) groups is 2. The van der Waals surface area contributed by atoms with Gasteiger partial charge in [-0.2, -0.15) is 0 Å². The molecule has 2 aromatic rings. The molecule has 0 unspecified atom stereocenters. The molecule has 0 atom stereocenters. The first-order valence-corrected chi connectivity index (χ1v) is 8.96. The number of benzene rings is 2. The van der Waals surface area contributed by atoms with Crippen LogP contribution in [0.2, 0.25) is 0 Å². The van der Waals surface area contributed by atoms with E-state index in [0.717, 1.165) is 18.6 Å². The lowest BCUT2D eigenvalue weighted by atomic mass is 9.96. The first kappa shape index (κ1) is 18.0. The van der Waals surface area contributed by atoms with Crippen molar-refractivity contribution in [2.24, 2.45) is 0 Å². The third kappa shape index (κ3) is 4.42. The number of hydrogen-bond donors (Lipinski definition) is 2. The second-order valence-electron chi connectivity index (χ2n) is 6.56. The Kier molecular flexibility index (Phi) is 5.56. The quantitative estimate of drug-likeness (QED) is 0.767. The molecule has 2 amide bonds. The van der Waals surface area contributed by atoms with Crippen molar-refractivity contribution in [3.8, 4) is 5.75 Å². The minimum absolute atomic E-state index is 0.0308. The second-order valence-corrected chi connectivity index (χ2v) is 6.56. The van der Waals surface area contributed by atoms with Gasteiger partial charge in [-0.1, -0.05) is 30.3 Å². The Hall–Kier alpha value is -2.82. The Morgan fingerprint density at radius 2 is 1.69 bits per heavy atom. The van der Waals surface area contributed by atoms with Crippen LogP contribution < -0.4 is 15.4 Å². The molecule has 1 saturated carbocycles. The highest BCUT2D eigenvalue weighted by atomic mass is 16.5. The number of nitrogens with one attached hydrogen (secondary N) is 2. The van der Waals surface area contributed by atoms with Crippen molar-refractivity contribution in [1.82, 2.24) is 10.6 Å². The first-order chi connectivity index (χ1) is 12.6. The number of carbonyl (C=O) groups excluding carboxylic acids is 2. The summed E-state index contributed by atoms with van der Waals surface area (Å²) < 4.78 is 5.35.